The van der Waals surface area contributed by atoms with E-state index in [4.69, 9.17) is 4.74 Å². The van der Waals surface area contributed by atoms with Crippen molar-refractivity contribution < 1.29 is 14.3 Å². The number of carbonyl (C=O) groups excluding carboxylic acids is 2. The number of nitrogens with zero attached hydrogens (tertiary/aromatic N) is 1. The van der Waals surface area contributed by atoms with Crippen molar-refractivity contribution in [2.45, 2.75) is 0 Å². The van der Waals surface area contributed by atoms with Gasteiger partial charge in [0.2, 0.25) is 0 Å². The highest BCUT2D eigenvalue weighted by atomic mass is 16.5. The van der Waals surface area contributed by atoms with E-state index in [2.05, 4.69) is 5.32 Å². The molecular weight excluding hydrogens is 352 g/mol. The summed E-state index contributed by atoms with van der Waals surface area (Å²) in [6, 6.07) is 23.8. The van der Waals surface area contributed by atoms with Crippen LogP contribution in [0.3, 0.4) is 0 Å². The molecule has 5 heteroatoms. The van der Waals surface area contributed by atoms with Gasteiger partial charge in [-0.2, -0.15) is 0 Å². The molecule has 0 radical (unpaired) electrons. The normalized spacial score (nSPS) is 10.6. The molecule has 0 saturated heterocycles. The summed E-state index contributed by atoms with van der Waals surface area (Å²) in [5, 5.41) is 3.43. The molecule has 0 fully saturated rings. The summed E-state index contributed by atoms with van der Waals surface area (Å²) in [4.78, 5) is 25.4. The van der Waals surface area contributed by atoms with E-state index >= 15 is 0 Å². The van der Waals surface area contributed by atoms with Crippen LogP contribution in [0.25, 0.3) is 10.9 Å². The predicted octanol–water partition coefficient (Wildman–Crippen LogP) is 4.79. The average Bonchev–Trinajstić information content (AvgIpc) is 3.06. The molecule has 1 amide bonds. The number of nitrogens with one attached hydrogen (secondary N) is 1. The van der Waals surface area contributed by atoms with Crippen LogP contribution in [0.15, 0.2) is 85.1 Å². The summed E-state index contributed by atoms with van der Waals surface area (Å²) >= 11 is 0. The standard InChI is InChI=1S/C23H18N2O3/c1-25-15-18(17-11-5-7-13-20(17)25)22(26)23(27)24-19-12-6-8-14-21(19)28-16-9-3-2-4-10-16/h2-15H,1H3,(H,24,27). The largest absolute Gasteiger partial charge is 0.455 e. The topological polar surface area (TPSA) is 60.3 Å². The van der Waals surface area contributed by atoms with Gasteiger partial charge in [-0.15, -0.1) is 0 Å². The van der Waals surface area contributed by atoms with E-state index in [9.17, 15) is 9.59 Å². The Morgan fingerprint density at radius 1 is 0.857 bits per heavy atom. The number of anilines is 1. The van der Waals surface area contributed by atoms with Gasteiger partial charge in [-0.3, -0.25) is 9.59 Å². The summed E-state index contributed by atoms with van der Waals surface area (Å²) in [6.07, 6.45) is 1.68. The fraction of sp³-hybridized carbons (Fsp3) is 0.0435. The molecule has 0 bridgehead atoms. The Labute approximate surface area is 162 Å². The van der Waals surface area contributed by atoms with Gasteiger partial charge >= 0.3 is 0 Å². The third-order valence-corrected chi connectivity index (χ3v) is 4.45. The van der Waals surface area contributed by atoms with Gasteiger partial charge in [-0.25, -0.2) is 0 Å². The Hall–Kier alpha value is -3.86. The Morgan fingerprint density at radius 2 is 1.54 bits per heavy atom. The maximum Gasteiger partial charge on any atom is 0.296 e. The number of fused-ring (bicyclic) bond motifs is 1. The molecule has 0 unspecified atom stereocenters. The predicted molar refractivity (Wildman–Crippen MR) is 109 cm³/mol. The average molecular weight is 370 g/mol. The second kappa shape index (κ2) is 7.40. The molecule has 1 N–H and O–H groups in total. The second-order valence-electron chi connectivity index (χ2n) is 6.37. The molecule has 4 aromatic rings. The van der Waals surface area contributed by atoms with Crippen LogP contribution < -0.4 is 10.1 Å². The molecule has 4 rings (SSSR count). The first-order valence-electron chi connectivity index (χ1n) is 8.85. The summed E-state index contributed by atoms with van der Waals surface area (Å²) < 4.78 is 7.68. The highest BCUT2D eigenvalue weighted by Crippen LogP contribution is 2.29. The molecule has 138 valence electrons. The number of ketones is 1. The van der Waals surface area contributed by atoms with Crippen molar-refractivity contribution >= 4 is 28.3 Å². The molecule has 0 aliphatic rings. The van der Waals surface area contributed by atoms with Gasteiger partial charge in [0.1, 0.15) is 5.75 Å². The van der Waals surface area contributed by atoms with Crippen LogP contribution in [0.5, 0.6) is 11.5 Å². The van der Waals surface area contributed by atoms with Gasteiger partial charge < -0.3 is 14.6 Å². The van der Waals surface area contributed by atoms with Gasteiger partial charge in [0.25, 0.3) is 11.7 Å². The molecule has 28 heavy (non-hydrogen) atoms. The number of aryl methyl sites for hydroxylation is 1. The molecule has 1 aromatic heterocycles. The summed E-state index contributed by atoms with van der Waals surface area (Å²) in [7, 11) is 1.85. The van der Waals surface area contributed by atoms with Crippen molar-refractivity contribution in [2.24, 2.45) is 7.05 Å². The number of aromatic nitrogens is 1. The Morgan fingerprint density at radius 3 is 2.36 bits per heavy atom. The van der Waals surface area contributed by atoms with Crippen LogP contribution in [-0.4, -0.2) is 16.3 Å². The van der Waals surface area contributed by atoms with Crippen LogP contribution in [0.2, 0.25) is 0 Å². The first kappa shape index (κ1) is 17.5. The van der Waals surface area contributed by atoms with Gasteiger partial charge in [0.05, 0.1) is 11.3 Å². The third-order valence-electron chi connectivity index (χ3n) is 4.45. The van der Waals surface area contributed by atoms with Crippen molar-refractivity contribution in [3.8, 4) is 11.5 Å². The molecule has 3 aromatic carbocycles. The Balaban J connectivity index is 1.59. The minimum absolute atomic E-state index is 0.372. The lowest BCUT2D eigenvalue weighted by molar-refractivity contribution is -0.112. The number of hydrogen-bond donors (Lipinski definition) is 1. The minimum atomic E-state index is -0.708. The molecule has 5 nitrogen and oxygen atoms in total. The number of benzene rings is 3. The molecule has 0 atom stereocenters. The SMILES string of the molecule is Cn1cc(C(=O)C(=O)Nc2ccccc2Oc2ccccc2)c2ccccc21. The van der Waals surface area contributed by atoms with E-state index in [0.29, 0.717) is 22.7 Å². The zero-order chi connectivity index (χ0) is 19.5. The molecule has 0 spiro atoms. The van der Waals surface area contributed by atoms with Gasteiger partial charge in [-0.05, 0) is 30.3 Å². The van der Waals surface area contributed by atoms with Crippen molar-refractivity contribution in [2.75, 3.05) is 5.32 Å². The fourth-order valence-electron chi connectivity index (χ4n) is 3.10. The van der Waals surface area contributed by atoms with Gasteiger partial charge in [0, 0.05) is 24.1 Å². The number of carbonyl (C=O) groups is 2. The van der Waals surface area contributed by atoms with E-state index in [0.717, 1.165) is 10.9 Å². The van der Waals surface area contributed by atoms with Gasteiger partial charge in [0.15, 0.2) is 5.75 Å². The van der Waals surface area contributed by atoms with Crippen molar-refractivity contribution in [1.29, 1.82) is 0 Å². The zero-order valence-electron chi connectivity index (χ0n) is 15.3. The molecule has 1 heterocycles. The minimum Gasteiger partial charge on any atom is -0.455 e. The van der Waals surface area contributed by atoms with E-state index in [1.54, 1.807) is 30.5 Å². The molecule has 0 aliphatic heterocycles. The summed E-state index contributed by atoms with van der Waals surface area (Å²) in [6.45, 7) is 0. The number of amides is 1. The number of hydrogen-bond acceptors (Lipinski definition) is 3. The quantitative estimate of drug-likeness (QED) is 0.406. The summed E-state index contributed by atoms with van der Waals surface area (Å²) in [5.41, 5.74) is 1.70. The van der Waals surface area contributed by atoms with Crippen molar-refractivity contribution in [1.82, 2.24) is 4.57 Å². The van der Waals surface area contributed by atoms with E-state index in [1.807, 2.05) is 66.2 Å². The van der Waals surface area contributed by atoms with Crippen molar-refractivity contribution in [3.05, 3.63) is 90.6 Å². The van der Waals surface area contributed by atoms with Crippen LogP contribution >= 0.6 is 0 Å². The van der Waals surface area contributed by atoms with Crippen LogP contribution in [0.4, 0.5) is 5.69 Å². The molecule has 0 saturated carbocycles. The highest BCUT2D eigenvalue weighted by Gasteiger charge is 2.22. The highest BCUT2D eigenvalue weighted by molar-refractivity contribution is 6.48. The second-order valence-corrected chi connectivity index (χ2v) is 6.37. The smallest absolute Gasteiger partial charge is 0.296 e. The fourth-order valence-corrected chi connectivity index (χ4v) is 3.10. The monoisotopic (exact) mass is 370 g/mol. The van der Waals surface area contributed by atoms with E-state index in [1.165, 1.54) is 0 Å². The number of para-hydroxylation sites is 4. The molecular formula is C23H18N2O3. The number of ether oxygens (including phenoxy) is 1. The summed E-state index contributed by atoms with van der Waals surface area (Å²) in [5.74, 6) is -0.191. The Kier molecular flexibility index (Phi) is 4.64. The lowest BCUT2D eigenvalue weighted by Gasteiger charge is -2.11. The third kappa shape index (κ3) is 3.38. The van der Waals surface area contributed by atoms with Crippen LogP contribution in [0, 0.1) is 0 Å². The van der Waals surface area contributed by atoms with E-state index < -0.39 is 11.7 Å². The van der Waals surface area contributed by atoms with Crippen LogP contribution in [-0.2, 0) is 11.8 Å². The van der Waals surface area contributed by atoms with E-state index in [-0.39, 0.29) is 0 Å². The lowest BCUT2D eigenvalue weighted by Crippen LogP contribution is -2.23. The van der Waals surface area contributed by atoms with Crippen molar-refractivity contribution in [3.63, 3.8) is 0 Å². The lowest BCUT2D eigenvalue weighted by atomic mass is 10.1. The van der Waals surface area contributed by atoms with Crippen LogP contribution in [0.1, 0.15) is 10.4 Å². The zero-order valence-corrected chi connectivity index (χ0v) is 15.3. The first-order chi connectivity index (χ1) is 13.6. The molecule has 0 aliphatic carbocycles. The number of Topliss-reactive ketones (excluding diaryl/α,β-unsaturated/α-hetero) is 1. The maximum atomic E-state index is 12.8. The first-order valence-corrected chi connectivity index (χ1v) is 8.85. The number of rotatable bonds is 5. The maximum absolute atomic E-state index is 12.8. The Bertz CT molecular complexity index is 1160. The van der Waals surface area contributed by atoms with Gasteiger partial charge in [-0.1, -0.05) is 48.5 Å².